The Kier molecular flexibility index (Phi) is 3.96. The smallest absolute Gasteiger partial charge is 0.262 e. The van der Waals surface area contributed by atoms with Gasteiger partial charge in [0.15, 0.2) is 0 Å². The molecule has 2 aromatic rings. The number of carbonyl (C=O) groups excluding carboxylic acids is 1. The molecule has 0 radical (unpaired) electrons. The van der Waals surface area contributed by atoms with Gasteiger partial charge in [0.2, 0.25) is 0 Å². The third-order valence-corrected chi connectivity index (χ3v) is 3.80. The molecule has 1 heterocycles. The van der Waals surface area contributed by atoms with E-state index in [1.54, 1.807) is 0 Å². The predicted molar refractivity (Wildman–Crippen MR) is 73.6 cm³/mol. The molecule has 0 saturated carbocycles. The molecule has 0 aliphatic heterocycles. The van der Waals surface area contributed by atoms with Crippen LogP contribution < -0.4 is 5.32 Å². The van der Waals surface area contributed by atoms with Crippen LogP contribution in [0, 0.1) is 11.3 Å². The number of hydrogen-bond acceptors (Lipinski definition) is 3. The second kappa shape index (κ2) is 5.65. The van der Waals surface area contributed by atoms with Gasteiger partial charge in [0, 0.05) is 4.70 Å². The molecule has 2 rings (SSSR count). The van der Waals surface area contributed by atoms with Crippen LogP contribution in [0.4, 0.5) is 0 Å². The average molecular weight is 258 g/mol. The number of benzene rings is 1. The zero-order valence-electron chi connectivity index (χ0n) is 10.1. The molecule has 1 aromatic carbocycles. The maximum Gasteiger partial charge on any atom is 0.262 e. The van der Waals surface area contributed by atoms with Crippen molar-refractivity contribution < 1.29 is 4.79 Å². The third-order valence-electron chi connectivity index (χ3n) is 2.69. The summed E-state index contributed by atoms with van der Waals surface area (Å²) in [5.74, 6) is -0.156. The van der Waals surface area contributed by atoms with Gasteiger partial charge in [-0.1, -0.05) is 31.5 Å². The van der Waals surface area contributed by atoms with E-state index in [9.17, 15) is 4.79 Å². The molecular weight excluding hydrogens is 244 g/mol. The SMILES string of the molecule is CCCC(C#N)NC(=O)c1cc2ccccc2s1. The molecule has 0 fully saturated rings. The van der Waals surface area contributed by atoms with E-state index in [-0.39, 0.29) is 5.91 Å². The summed E-state index contributed by atoms with van der Waals surface area (Å²) in [4.78, 5) is 12.7. The number of nitrogens with one attached hydrogen (secondary N) is 1. The van der Waals surface area contributed by atoms with Gasteiger partial charge in [-0.2, -0.15) is 5.26 Å². The Morgan fingerprint density at radius 1 is 1.50 bits per heavy atom. The second-order valence-electron chi connectivity index (χ2n) is 4.09. The lowest BCUT2D eigenvalue weighted by molar-refractivity contribution is 0.0948. The van der Waals surface area contributed by atoms with Gasteiger partial charge in [0.1, 0.15) is 6.04 Å². The van der Waals surface area contributed by atoms with E-state index >= 15 is 0 Å². The van der Waals surface area contributed by atoms with Gasteiger partial charge in [-0.05, 0) is 23.9 Å². The van der Waals surface area contributed by atoms with Crippen molar-refractivity contribution in [3.8, 4) is 6.07 Å². The van der Waals surface area contributed by atoms with Crippen molar-refractivity contribution in [2.45, 2.75) is 25.8 Å². The standard InChI is InChI=1S/C14H14N2OS/c1-2-5-11(9-15)16-14(17)13-8-10-6-3-4-7-12(10)18-13/h3-4,6-8,11H,2,5H2,1H3,(H,16,17). The minimum absolute atomic E-state index is 0.156. The summed E-state index contributed by atoms with van der Waals surface area (Å²) in [5, 5.41) is 12.8. The normalized spacial score (nSPS) is 12.0. The Morgan fingerprint density at radius 3 is 2.94 bits per heavy atom. The van der Waals surface area contributed by atoms with Crippen LogP contribution in [0.2, 0.25) is 0 Å². The van der Waals surface area contributed by atoms with Gasteiger partial charge in [-0.25, -0.2) is 0 Å². The first-order valence-electron chi connectivity index (χ1n) is 5.93. The highest BCUT2D eigenvalue weighted by atomic mass is 32.1. The number of carbonyl (C=O) groups is 1. The first-order chi connectivity index (χ1) is 8.74. The van der Waals surface area contributed by atoms with Crippen molar-refractivity contribution in [2.24, 2.45) is 0 Å². The molecule has 18 heavy (non-hydrogen) atoms. The van der Waals surface area contributed by atoms with Crippen LogP contribution in [-0.4, -0.2) is 11.9 Å². The molecule has 0 bridgehead atoms. The minimum atomic E-state index is -0.396. The minimum Gasteiger partial charge on any atom is -0.336 e. The van der Waals surface area contributed by atoms with Gasteiger partial charge in [-0.15, -0.1) is 11.3 Å². The van der Waals surface area contributed by atoms with Crippen molar-refractivity contribution in [2.75, 3.05) is 0 Å². The molecule has 1 atom stereocenters. The third kappa shape index (κ3) is 2.69. The van der Waals surface area contributed by atoms with E-state index in [0.29, 0.717) is 11.3 Å². The van der Waals surface area contributed by atoms with Crippen LogP contribution in [0.3, 0.4) is 0 Å². The van der Waals surface area contributed by atoms with Crippen molar-refractivity contribution >= 4 is 27.3 Å². The van der Waals surface area contributed by atoms with Gasteiger partial charge in [-0.3, -0.25) is 4.79 Å². The molecule has 1 N–H and O–H groups in total. The summed E-state index contributed by atoms with van der Waals surface area (Å²) in [6, 6.07) is 11.5. The largest absolute Gasteiger partial charge is 0.336 e. The van der Waals surface area contributed by atoms with Crippen molar-refractivity contribution in [1.29, 1.82) is 5.26 Å². The highest BCUT2D eigenvalue weighted by Crippen LogP contribution is 2.25. The quantitative estimate of drug-likeness (QED) is 0.914. The molecule has 0 saturated heterocycles. The summed E-state index contributed by atoms with van der Waals surface area (Å²) in [6.07, 6.45) is 1.57. The summed E-state index contributed by atoms with van der Waals surface area (Å²) < 4.78 is 1.09. The molecule has 92 valence electrons. The predicted octanol–water partition coefficient (Wildman–Crippen LogP) is 3.32. The second-order valence-corrected chi connectivity index (χ2v) is 5.18. The Hall–Kier alpha value is -1.86. The molecule has 0 spiro atoms. The Morgan fingerprint density at radius 2 is 2.28 bits per heavy atom. The fourth-order valence-corrected chi connectivity index (χ4v) is 2.75. The van der Waals surface area contributed by atoms with Crippen LogP contribution in [0.25, 0.3) is 10.1 Å². The van der Waals surface area contributed by atoms with Crippen LogP contribution in [0.15, 0.2) is 30.3 Å². The van der Waals surface area contributed by atoms with Crippen LogP contribution in [-0.2, 0) is 0 Å². The zero-order valence-corrected chi connectivity index (χ0v) is 11.0. The number of hydrogen-bond donors (Lipinski definition) is 1. The molecular formula is C14H14N2OS. The monoisotopic (exact) mass is 258 g/mol. The first kappa shape index (κ1) is 12.6. The lowest BCUT2D eigenvalue weighted by atomic mass is 10.2. The molecule has 4 heteroatoms. The number of nitriles is 1. The summed E-state index contributed by atoms with van der Waals surface area (Å²) in [6.45, 7) is 2.00. The van der Waals surface area contributed by atoms with E-state index < -0.39 is 6.04 Å². The van der Waals surface area contributed by atoms with Gasteiger partial charge >= 0.3 is 0 Å². The lowest BCUT2D eigenvalue weighted by Gasteiger charge is -2.08. The van der Waals surface area contributed by atoms with E-state index in [4.69, 9.17) is 5.26 Å². The zero-order chi connectivity index (χ0) is 13.0. The molecule has 0 aliphatic carbocycles. The van der Waals surface area contributed by atoms with Crippen molar-refractivity contribution in [3.05, 3.63) is 35.2 Å². The number of nitrogens with zero attached hydrogens (tertiary/aromatic N) is 1. The Labute approximate surface area is 110 Å². The Balaban J connectivity index is 2.16. The molecule has 0 aliphatic rings. The number of fused-ring (bicyclic) bond motifs is 1. The lowest BCUT2D eigenvalue weighted by Crippen LogP contribution is -2.33. The topological polar surface area (TPSA) is 52.9 Å². The maximum atomic E-state index is 12.0. The van der Waals surface area contributed by atoms with Crippen LogP contribution >= 0.6 is 11.3 Å². The van der Waals surface area contributed by atoms with E-state index in [1.165, 1.54) is 11.3 Å². The fourth-order valence-electron chi connectivity index (χ4n) is 1.78. The molecule has 1 amide bonds. The Bertz CT molecular complexity index is 564. The van der Waals surface area contributed by atoms with E-state index in [0.717, 1.165) is 16.5 Å². The van der Waals surface area contributed by atoms with Gasteiger partial charge in [0.25, 0.3) is 5.91 Å². The number of amides is 1. The molecule has 1 unspecified atom stereocenters. The van der Waals surface area contributed by atoms with E-state index in [2.05, 4.69) is 11.4 Å². The van der Waals surface area contributed by atoms with Crippen LogP contribution in [0.5, 0.6) is 0 Å². The van der Waals surface area contributed by atoms with Gasteiger partial charge in [0.05, 0.1) is 10.9 Å². The summed E-state index contributed by atoms with van der Waals surface area (Å²) in [5.41, 5.74) is 0. The maximum absolute atomic E-state index is 12.0. The number of rotatable bonds is 4. The molecule has 3 nitrogen and oxygen atoms in total. The summed E-state index contributed by atoms with van der Waals surface area (Å²) >= 11 is 1.45. The molecule has 1 aromatic heterocycles. The highest BCUT2D eigenvalue weighted by Gasteiger charge is 2.14. The van der Waals surface area contributed by atoms with Gasteiger partial charge < -0.3 is 5.32 Å². The van der Waals surface area contributed by atoms with Crippen LogP contribution in [0.1, 0.15) is 29.4 Å². The average Bonchev–Trinajstić information content (AvgIpc) is 2.82. The fraction of sp³-hybridized carbons (Fsp3) is 0.286. The first-order valence-corrected chi connectivity index (χ1v) is 6.75. The van der Waals surface area contributed by atoms with Crippen molar-refractivity contribution in [3.63, 3.8) is 0 Å². The van der Waals surface area contributed by atoms with E-state index in [1.807, 2.05) is 37.3 Å². The summed E-state index contributed by atoms with van der Waals surface area (Å²) in [7, 11) is 0. The van der Waals surface area contributed by atoms with Crippen molar-refractivity contribution in [1.82, 2.24) is 5.32 Å². The number of thiophene rings is 1. The highest BCUT2D eigenvalue weighted by molar-refractivity contribution is 7.20.